The van der Waals surface area contributed by atoms with Gasteiger partial charge in [0.15, 0.2) is 0 Å². The molecule has 1 heterocycles. The van der Waals surface area contributed by atoms with E-state index in [0.717, 1.165) is 24.6 Å². The molecule has 5 nitrogen and oxygen atoms in total. The standard InChI is InChI=1S/C9H15N3O2/c1-3-6-12-7(2)10-11-8(12)4-5-9(13)14/h3-6H2,1-2H3,(H,13,14). The lowest BCUT2D eigenvalue weighted by molar-refractivity contribution is -0.137. The number of aromatic nitrogens is 3. The molecule has 78 valence electrons. The molecule has 1 aromatic heterocycles. The molecule has 0 aliphatic heterocycles. The normalized spacial score (nSPS) is 10.4. The summed E-state index contributed by atoms with van der Waals surface area (Å²) in [5, 5.41) is 16.4. The number of nitrogens with zero attached hydrogens (tertiary/aromatic N) is 3. The summed E-state index contributed by atoms with van der Waals surface area (Å²) in [7, 11) is 0. The highest BCUT2D eigenvalue weighted by molar-refractivity contribution is 5.66. The summed E-state index contributed by atoms with van der Waals surface area (Å²) in [6, 6.07) is 0. The predicted molar refractivity (Wildman–Crippen MR) is 51.0 cm³/mol. The van der Waals surface area contributed by atoms with E-state index in [-0.39, 0.29) is 6.42 Å². The van der Waals surface area contributed by atoms with Gasteiger partial charge in [-0.3, -0.25) is 4.79 Å². The van der Waals surface area contributed by atoms with Gasteiger partial charge in [0, 0.05) is 13.0 Å². The Labute approximate surface area is 82.8 Å². The maximum Gasteiger partial charge on any atom is 0.303 e. The van der Waals surface area contributed by atoms with Gasteiger partial charge in [-0.1, -0.05) is 6.92 Å². The molecule has 0 unspecified atom stereocenters. The Morgan fingerprint density at radius 2 is 2.21 bits per heavy atom. The number of aliphatic carboxylic acids is 1. The van der Waals surface area contributed by atoms with E-state index in [4.69, 9.17) is 5.11 Å². The molecule has 0 spiro atoms. The summed E-state index contributed by atoms with van der Waals surface area (Å²) < 4.78 is 1.98. The van der Waals surface area contributed by atoms with E-state index in [1.54, 1.807) is 0 Å². The SMILES string of the molecule is CCCn1c(C)nnc1CCC(=O)O. The minimum Gasteiger partial charge on any atom is -0.481 e. The Morgan fingerprint density at radius 1 is 1.50 bits per heavy atom. The van der Waals surface area contributed by atoms with E-state index in [1.807, 2.05) is 11.5 Å². The van der Waals surface area contributed by atoms with E-state index in [9.17, 15) is 4.79 Å². The molecule has 14 heavy (non-hydrogen) atoms. The quantitative estimate of drug-likeness (QED) is 0.765. The largest absolute Gasteiger partial charge is 0.481 e. The first kappa shape index (κ1) is 10.7. The zero-order chi connectivity index (χ0) is 10.6. The van der Waals surface area contributed by atoms with Crippen molar-refractivity contribution in [1.29, 1.82) is 0 Å². The van der Waals surface area contributed by atoms with Crippen molar-refractivity contribution in [3.8, 4) is 0 Å². The van der Waals surface area contributed by atoms with Crippen molar-refractivity contribution in [3.05, 3.63) is 11.6 Å². The number of carboxylic acid groups (broad SMARTS) is 1. The molecule has 0 fully saturated rings. The van der Waals surface area contributed by atoms with Crippen molar-refractivity contribution < 1.29 is 9.90 Å². The molecule has 0 amide bonds. The van der Waals surface area contributed by atoms with Crippen LogP contribution in [0.25, 0.3) is 0 Å². The molecule has 0 bridgehead atoms. The number of rotatable bonds is 5. The molecule has 0 atom stereocenters. The second kappa shape index (κ2) is 4.74. The monoisotopic (exact) mass is 197 g/mol. The molecule has 1 aromatic rings. The number of carbonyl (C=O) groups is 1. The van der Waals surface area contributed by atoms with Crippen molar-refractivity contribution in [2.45, 2.75) is 39.7 Å². The van der Waals surface area contributed by atoms with E-state index in [2.05, 4.69) is 17.1 Å². The molecule has 0 aromatic carbocycles. The first-order chi connectivity index (χ1) is 6.65. The minimum atomic E-state index is -0.797. The number of carboxylic acids is 1. The van der Waals surface area contributed by atoms with Gasteiger partial charge in [0.25, 0.3) is 0 Å². The van der Waals surface area contributed by atoms with Crippen LogP contribution in [0.15, 0.2) is 0 Å². The van der Waals surface area contributed by atoms with Crippen LogP contribution in [0.4, 0.5) is 0 Å². The first-order valence-corrected chi connectivity index (χ1v) is 4.75. The Hall–Kier alpha value is -1.39. The number of aryl methyl sites for hydroxylation is 2. The van der Waals surface area contributed by atoms with E-state index in [1.165, 1.54) is 0 Å². The fourth-order valence-electron chi connectivity index (χ4n) is 1.34. The molecular weight excluding hydrogens is 182 g/mol. The topological polar surface area (TPSA) is 68.0 Å². The van der Waals surface area contributed by atoms with Crippen molar-refractivity contribution in [3.63, 3.8) is 0 Å². The smallest absolute Gasteiger partial charge is 0.303 e. The average molecular weight is 197 g/mol. The van der Waals surface area contributed by atoms with E-state index < -0.39 is 5.97 Å². The Bertz CT molecular complexity index is 320. The molecule has 0 aliphatic rings. The molecule has 1 N–H and O–H groups in total. The van der Waals surface area contributed by atoms with Crippen LogP contribution in [0.5, 0.6) is 0 Å². The summed E-state index contributed by atoms with van der Waals surface area (Å²) in [5.41, 5.74) is 0. The third kappa shape index (κ3) is 2.55. The predicted octanol–water partition coefficient (Wildman–Crippen LogP) is 1.01. The van der Waals surface area contributed by atoms with E-state index in [0.29, 0.717) is 6.42 Å². The first-order valence-electron chi connectivity index (χ1n) is 4.75. The van der Waals surface area contributed by atoms with Crippen molar-refractivity contribution >= 4 is 5.97 Å². The third-order valence-electron chi connectivity index (χ3n) is 2.02. The Morgan fingerprint density at radius 3 is 2.79 bits per heavy atom. The zero-order valence-corrected chi connectivity index (χ0v) is 8.53. The summed E-state index contributed by atoms with van der Waals surface area (Å²) >= 11 is 0. The minimum absolute atomic E-state index is 0.113. The van der Waals surface area contributed by atoms with Gasteiger partial charge in [0.2, 0.25) is 0 Å². The van der Waals surface area contributed by atoms with Crippen LogP contribution in [-0.2, 0) is 17.8 Å². The van der Waals surface area contributed by atoms with Gasteiger partial charge in [-0.05, 0) is 13.3 Å². The lowest BCUT2D eigenvalue weighted by Crippen LogP contribution is -2.07. The summed E-state index contributed by atoms with van der Waals surface area (Å²) in [6.45, 7) is 4.81. The molecule has 0 aliphatic carbocycles. The van der Waals surface area contributed by atoms with Gasteiger partial charge in [0.05, 0.1) is 6.42 Å². The van der Waals surface area contributed by atoms with Gasteiger partial charge < -0.3 is 9.67 Å². The van der Waals surface area contributed by atoms with Gasteiger partial charge >= 0.3 is 5.97 Å². The fourth-order valence-corrected chi connectivity index (χ4v) is 1.34. The van der Waals surface area contributed by atoms with Crippen LogP contribution < -0.4 is 0 Å². The molecule has 0 saturated heterocycles. The van der Waals surface area contributed by atoms with Crippen LogP contribution in [0.2, 0.25) is 0 Å². The Balaban J connectivity index is 2.70. The maximum absolute atomic E-state index is 10.4. The molecular formula is C9H15N3O2. The summed E-state index contributed by atoms with van der Waals surface area (Å²) in [6.07, 6.45) is 1.57. The van der Waals surface area contributed by atoms with Gasteiger partial charge in [-0.25, -0.2) is 0 Å². The highest BCUT2D eigenvalue weighted by Gasteiger charge is 2.09. The number of hydrogen-bond acceptors (Lipinski definition) is 3. The second-order valence-electron chi connectivity index (χ2n) is 3.21. The fraction of sp³-hybridized carbons (Fsp3) is 0.667. The lowest BCUT2D eigenvalue weighted by atomic mass is 10.3. The van der Waals surface area contributed by atoms with Crippen LogP contribution in [-0.4, -0.2) is 25.8 Å². The molecule has 1 rings (SSSR count). The highest BCUT2D eigenvalue weighted by atomic mass is 16.4. The second-order valence-corrected chi connectivity index (χ2v) is 3.21. The van der Waals surface area contributed by atoms with Crippen LogP contribution in [0.3, 0.4) is 0 Å². The van der Waals surface area contributed by atoms with E-state index >= 15 is 0 Å². The van der Waals surface area contributed by atoms with Crippen LogP contribution in [0, 0.1) is 6.92 Å². The molecule has 5 heteroatoms. The van der Waals surface area contributed by atoms with Crippen molar-refractivity contribution in [2.24, 2.45) is 0 Å². The Kier molecular flexibility index (Phi) is 3.62. The van der Waals surface area contributed by atoms with Gasteiger partial charge in [-0.2, -0.15) is 0 Å². The maximum atomic E-state index is 10.4. The summed E-state index contributed by atoms with van der Waals surface area (Å²) in [4.78, 5) is 10.4. The van der Waals surface area contributed by atoms with Crippen LogP contribution >= 0.6 is 0 Å². The van der Waals surface area contributed by atoms with Crippen molar-refractivity contribution in [1.82, 2.24) is 14.8 Å². The molecule has 0 saturated carbocycles. The van der Waals surface area contributed by atoms with Gasteiger partial charge in [-0.15, -0.1) is 10.2 Å². The van der Waals surface area contributed by atoms with Crippen molar-refractivity contribution in [2.75, 3.05) is 0 Å². The zero-order valence-electron chi connectivity index (χ0n) is 8.53. The highest BCUT2D eigenvalue weighted by Crippen LogP contribution is 2.05. The number of hydrogen-bond donors (Lipinski definition) is 1. The summed E-state index contributed by atoms with van der Waals surface area (Å²) in [5.74, 6) is 0.827. The third-order valence-corrected chi connectivity index (χ3v) is 2.02. The average Bonchev–Trinajstić information content (AvgIpc) is 2.46. The van der Waals surface area contributed by atoms with Crippen LogP contribution in [0.1, 0.15) is 31.4 Å². The lowest BCUT2D eigenvalue weighted by Gasteiger charge is -2.05. The van der Waals surface area contributed by atoms with Gasteiger partial charge in [0.1, 0.15) is 11.6 Å². The molecule has 0 radical (unpaired) electrons.